The first-order valence-corrected chi connectivity index (χ1v) is 6.79. The van der Waals surface area contributed by atoms with Gasteiger partial charge in [0.15, 0.2) is 5.03 Å². The summed E-state index contributed by atoms with van der Waals surface area (Å²) in [6.45, 7) is 1.84. The van der Waals surface area contributed by atoms with Gasteiger partial charge in [-0.3, -0.25) is 4.68 Å². The van der Waals surface area contributed by atoms with Crippen molar-refractivity contribution in [3.8, 4) is 0 Å². The molecule has 6 nitrogen and oxygen atoms in total. The molecule has 16 heavy (non-hydrogen) atoms. The third-order valence-electron chi connectivity index (χ3n) is 3.43. The second-order valence-electron chi connectivity index (χ2n) is 4.43. The van der Waals surface area contributed by atoms with E-state index in [1.807, 2.05) is 0 Å². The number of hydrogen-bond donors (Lipinski definition) is 2. The predicted molar refractivity (Wildman–Crippen MR) is 57.2 cm³/mol. The Morgan fingerprint density at radius 3 is 2.75 bits per heavy atom. The third-order valence-corrected chi connectivity index (χ3v) is 4.97. The van der Waals surface area contributed by atoms with Gasteiger partial charge in [-0.1, -0.05) is 0 Å². The van der Waals surface area contributed by atoms with Crippen LogP contribution in [0.15, 0.2) is 17.3 Å². The van der Waals surface area contributed by atoms with Crippen LogP contribution in [0.4, 0.5) is 0 Å². The molecule has 1 aliphatic carbocycles. The molecule has 2 heterocycles. The summed E-state index contributed by atoms with van der Waals surface area (Å²) in [4.78, 5) is 0. The molecule has 2 fully saturated rings. The van der Waals surface area contributed by atoms with Crippen molar-refractivity contribution >= 4 is 10.0 Å². The lowest BCUT2D eigenvalue weighted by atomic mass is 10.4. The Bertz CT molecular complexity index is 499. The van der Waals surface area contributed by atoms with E-state index in [0.717, 1.165) is 13.1 Å². The largest absolute Gasteiger partial charge is 0.316 e. The standard InChI is InChI=1S/C9H14N4O2S/c1-13-8(2-3-11-13)16(14,15)12-9-6-4-10-5-7(6)9/h2-3,6-7,9-10,12H,4-5H2,1H3. The van der Waals surface area contributed by atoms with Gasteiger partial charge in [0.25, 0.3) is 10.0 Å². The normalized spacial score (nSPS) is 32.7. The lowest BCUT2D eigenvalue weighted by Crippen LogP contribution is -2.33. The number of aromatic nitrogens is 2. The van der Waals surface area contributed by atoms with E-state index in [0.29, 0.717) is 11.8 Å². The van der Waals surface area contributed by atoms with Crippen LogP contribution in [0.1, 0.15) is 0 Å². The highest BCUT2D eigenvalue weighted by Gasteiger charge is 2.54. The van der Waals surface area contributed by atoms with E-state index in [-0.39, 0.29) is 11.1 Å². The van der Waals surface area contributed by atoms with E-state index in [1.165, 1.54) is 16.9 Å². The summed E-state index contributed by atoms with van der Waals surface area (Å²) in [6, 6.07) is 1.62. The van der Waals surface area contributed by atoms with Crippen LogP contribution in [0.5, 0.6) is 0 Å². The maximum Gasteiger partial charge on any atom is 0.257 e. The van der Waals surface area contributed by atoms with E-state index in [9.17, 15) is 8.42 Å². The van der Waals surface area contributed by atoms with Gasteiger partial charge in [0.1, 0.15) is 0 Å². The molecular weight excluding hydrogens is 228 g/mol. The van der Waals surface area contributed by atoms with Gasteiger partial charge < -0.3 is 5.32 Å². The lowest BCUT2D eigenvalue weighted by Gasteiger charge is -2.08. The molecule has 1 saturated heterocycles. The fourth-order valence-electron chi connectivity index (χ4n) is 2.46. The Morgan fingerprint density at radius 2 is 2.19 bits per heavy atom. The fourth-order valence-corrected chi connectivity index (χ4v) is 3.92. The summed E-state index contributed by atoms with van der Waals surface area (Å²) < 4.78 is 28.1. The Balaban J connectivity index is 1.78. The van der Waals surface area contributed by atoms with E-state index in [4.69, 9.17) is 0 Å². The Labute approximate surface area is 94.1 Å². The molecule has 0 aromatic carbocycles. The lowest BCUT2D eigenvalue weighted by molar-refractivity contribution is 0.550. The number of aryl methyl sites for hydroxylation is 1. The maximum atomic E-state index is 12.0. The molecule has 0 spiro atoms. The molecule has 2 unspecified atom stereocenters. The molecule has 1 aromatic heterocycles. The van der Waals surface area contributed by atoms with Crippen molar-refractivity contribution in [2.45, 2.75) is 11.1 Å². The van der Waals surface area contributed by atoms with Crippen LogP contribution in [0.3, 0.4) is 0 Å². The molecule has 2 N–H and O–H groups in total. The molecule has 1 saturated carbocycles. The van der Waals surface area contributed by atoms with Crippen LogP contribution in [0, 0.1) is 11.8 Å². The number of nitrogens with one attached hydrogen (secondary N) is 2. The van der Waals surface area contributed by atoms with Gasteiger partial charge in [0, 0.05) is 13.1 Å². The van der Waals surface area contributed by atoms with E-state index < -0.39 is 10.0 Å². The van der Waals surface area contributed by atoms with Crippen molar-refractivity contribution < 1.29 is 8.42 Å². The van der Waals surface area contributed by atoms with Gasteiger partial charge in [0.05, 0.1) is 6.20 Å². The van der Waals surface area contributed by atoms with Crippen LogP contribution in [-0.4, -0.2) is 37.3 Å². The van der Waals surface area contributed by atoms with Crippen molar-refractivity contribution in [3.63, 3.8) is 0 Å². The fraction of sp³-hybridized carbons (Fsp3) is 0.667. The molecule has 88 valence electrons. The van der Waals surface area contributed by atoms with Crippen LogP contribution < -0.4 is 10.0 Å². The Morgan fingerprint density at radius 1 is 1.50 bits per heavy atom. The summed E-state index contributed by atoms with van der Waals surface area (Å²) in [5, 5.41) is 7.33. The van der Waals surface area contributed by atoms with Crippen molar-refractivity contribution in [1.82, 2.24) is 19.8 Å². The van der Waals surface area contributed by atoms with Gasteiger partial charge in [-0.2, -0.15) is 5.10 Å². The van der Waals surface area contributed by atoms with Crippen LogP contribution in [0.2, 0.25) is 0 Å². The minimum Gasteiger partial charge on any atom is -0.316 e. The number of fused-ring (bicyclic) bond motifs is 1. The van der Waals surface area contributed by atoms with Gasteiger partial charge in [0.2, 0.25) is 0 Å². The molecule has 2 atom stereocenters. The molecule has 1 aromatic rings. The van der Waals surface area contributed by atoms with Gasteiger partial charge in [-0.25, -0.2) is 13.1 Å². The minimum absolute atomic E-state index is 0.112. The zero-order valence-corrected chi connectivity index (χ0v) is 9.74. The number of piperidine rings is 1. The summed E-state index contributed by atoms with van der Waals surface area (Å²) in [6.07, 6.45) is 1.49. The zero-order chi connectivity index (χ0) is 11.3. The Kier molecular flexibility index (Phi) is 2.10. The average Bonchev–Trinajstić information content (AvgIpc) is 2.68. The summed E-state index contributed by atoms with van der Waals surface area (Å²) in [5.74, 6) is 0.950. The van der Waals surface area contributed by atoms with Crippen LogP contribution in [0.25, 0.3) is 0 Å². The summed E-state index contributed by atoms with van der Waals surface area (Å²) >= 11 is 0. The molecule has 3 rings (SSSR count). The van der Waals surface area contributed by atoms with E-state index in [2.05, 4.69) is 15.1 Å². The van der Waals surface area contributed by atoms with Gasteiger partial charge >= 0.3 is 0 Å². The molecule has 0 radical (unpaired) electrons. The minimum atomic E-state index is -3.40. The van der Waals surface area contributed by atoms with Crippen LogP contribution in [-0.2, 0) is 17.1 Å². The van der Waals surface area contributed by atoms with Crippen molar-refractivity contribution in [2.24, 2.45) is 18.9 Å². The average molecular weight is 242 g/mol. The molecule has 0 bridgehead atoms. The van der Waals surface area contributed by atoms with E-state index >= 15 is 0 Å². The molecule has 2 aliphatic rings. The zero-order valence-electron chi connectivity index (χ0n) is 8.92. The number of hydrogen-bond acceptors (Lipinski definition) is 4. The number of sulfonamides is 1. The third kappa shape index (κ3) is 1.47. The first-order valence-electron chi connectivity index (χ1n) is 5.30. The smallest absolute Gasteiger partial charge is 0.257 e. The quantitative estimate of drug-likeness (QED) is 0.706. The maximum absolute atomic E-state index is 12.0. The van der Waals surface area contributed by atoms with Gasteiger partial charge in [-0.05, 0) is 31.0 Å². The van der Waals surface area contributed by atoms with Crippen molar-refractivity contribution in [1.29, 1.82) is 0 Å². The molecule has 7 heteroatoms. The predicted octanol–water partition coefficient (Wildman–Crippen LogP) is -1.08. The Hall–Kier alpha value is -0.920. The number of rotatable bonds is 3. The topological polar surface area (TPSA) is 76.0 Å². The molecular formula is C9H14N4O2S. The highest BCUT2D eigenvalue weighted by Crippen LogP contribution is 2.42. The van der Waals surface area contributed by atoms with Crippen molar-refractivity contribution in [2.75, 3.05) is 13.1 Å². The molecule has 1 aliphatic heterocycles. The second kappa shape index (κ2) is 3.28. The second-order valence-corrected chi connectivity index (χ2v) is 6.09. The molecule has 0 amide bonds. The van der Waals surface area contributed by atoms with Crippen LogP contribution >= 0.6 is 0 Å². The monoisotopic (exact) mass is 242 g/mol. The SMILES string of the molecule is Cn1nccc1S(=O)(=O)NC1C2CNCC21. The van der Waals surface area contributed by atoms with Gasteiger partial charge in [-0.15, -0.1) is 0 Å². The summed E-state index contributed by atoms with van der Waals surface area (Å²) in [7, 11) is -1.77. The number of nitrogens with zero attached hydrogens (tertiary/aromatic N) is 2. The first kappa shape index (κ1) is 10.2. The van der Waals surface area contributed by atoms with Crippen molar-refractivity contribution in [3.05, 3.63) is 12.3 Å². The first-order chi connectivity index (χ1) is 7.59. The van der Waals surface area contributed by atoms with E-state index in [1.54, 1.807) is 7.05 Å². The highest BCUT2D eigenvalue weighted by molar-refractivity contribution is 7.89. The summed E-state index contributed by atoms with van der Waals surface area (Å²) in [5.41, 5.74) is 0. The highest BCUT2D eigenvalue weighted by atomic mass is 32.2.